The van der Waals surface area contributed by atoms with Crippen molar-refractivity contribution < 1.29 is 0 Å². The maximum atomic E-state index is 12.9. The van der Waals surface area contributed by atoms with Crippen LogP contribution in [0.25, 0.3) is 32.6 Å². The highest BCUT2D eigenvalue weighted by atomic mass is 32.1. The Morgan fingerprint density at radius 2 is 1.92 bits per heavy atom. The molecule has 0 atom stereocenters. The van der Waals surface area contributed by atoms with Crippen molar-refractivity contribution in [3.63, 3.8) is 0 Å². The number of hydrogen-bond donors (Lipinski definition) is 0. The van der Waals surface area contributed by atoms with Crippen molar-refractivity contribution in [2.75, 3.05) is 0 Å². The maximum absolute atomic E-state index is 12.9. The molecule has 128 valence electrons. The zero-order valence-electron chi connectivity index (χ0n) is 14.7. The normalized spacial score (nSPS) is 15.2. The van der Waals surface area contributed by atoms with Gasteiger partial charge in [-0.25, -0.2) is 4.98 Å². The summed E-state index contributed by atoms with van der Waals surface area (Å²) in [5.74, 6) is 0.830. The number of aryl methyl sites for hydroxylation is 2. The molecule has 0 fully saturated rings. The number of aromatic nitrogens is 2. The lowest BCUT2D eigenvalue weighted by Gasteiger charge is -2.04. The maximum Gasteiger partial charge on any atom is 0.262 e. The Hall–Kier alpha value is -2.72. The quantitative estimate of drug-likeness (QED) is 0.470. The lowest BCUT2D eigenvalue weighted by Crippen LogP contribution is -2.20. The van der Waals surface area contributed by atoms with Crippen LogP contribution in [0.3, 0.4) is 0 Å². The van der Waals surface area contributed by atoms with Gasteiger partial charge in [0.2, 0.25) is 0 Å². The Kier molecular flexibility index (Phi) is 3.37. The number of allylic oxidation sites excluding steroid dienone is 1. The highest BCUT2D eigenvalue weighted by molar-refractivity contribution is 7.18. The van der Waals surface area contributed by atoms with Gasteiger partial charge in [-0.2, -0.15) is 0 Å². The zero-order valence-corrected chi connectivity index (χ0v) is 15.6. The number of benzene rings is 2. The van der Waals surface area contributed by atoms with E-state index in [0.717, 1.165) is 39.2 Å². The lowest BCUT2D eigenvalue weighted by molar-refractivity contribution is 0.726. The lowest BCUT2D eigenvalue weighted by atomic mass is 10.0. The molecule has 0 aliphatic carbocycles. The van der Waals surface area contributed by atoms with Gasteiger partial charge in [0, 0.05) is 11.4 Å². The van der Waals surface area contributed by atoms with Gasteiger partial charge in [-0.05, 0) is 59.9 Å². The summed E-state index contributed by atoms with van der Waals surface area (Å²) in [6.07, 6.45) is 3.03. The smallest absolute Gasteiger partial charge is 0.262 e. The molecular formula is C22H18N2OS. The van der Waals surface area contributed by atoms with Gasteiger partial charge < -0.3 is 0 Å². The summed E-state index contributed by atoms with van der Waals surface area (Å²) < 4.78 is 1.84. The van der Waals surface area contributed by atoms with Gasteiger partial charge in [0.1, 0.15) is 10.7 Å². The third-order valence-corrected chi connectivity index (χ3v) is 6.40. The Morgan fingerprint density at radius 3 is 2.77 bits per heavy atom. The largest absolute Gasteiger partial charge is 0.292 e. The van der Waals surface area contributed by atoms with E-state index in [2.05, 4.69) is 55.5 Å². The van der Waals surface area contributed by atoms with Crippen LogP contribution in [-0.2, 0) is 6.54 Å². The van der Waals surface area contributed by atoms with E-state index >= 15 is 0 Å². The molecule has 3 nitrogen and oxygen atoms in total. The SMILES string of the molecule is Cc1sc2nc3n(c(=O)c2c1C)CC/C3=C/c1ccc2ccccc2c1. The number of hydrogen-bond acceptors (Lipinski definition) is 3. The molecule has 2 aromatic heterocycles. The van der Waals surface area contributed by atoms with E-state index < -0.39 is 0 Å². The van der Waals surface area contributed by atoms with E-state index in [1.807, 2.05) is 11.5 Å². The molecule has 0 bridgehead atoms. The summed E-state index contributed by atoms with van der Waals surface area (Å²) in [4.78, 5) is 19.8. The summed E-state index contributed by atoms with van der Waals surface area (Å²) >= 11 is 1.62. The fourth-order valence-corrected chi connectivity index (χ4v) is 4.78. The van der Waals surface area contributed by atoms with E-state index in [-0.39, 0.29) is 5.56 Å². The predicted molar refractivity (Wildman–Crippen MR) is 110 cm³/mol. The monoisotopic (exact) mass is 358 g/mol. The summed E-state index contributed by atoms with van der Waals surface area (Å²) in [6, 6.07) is 14.8. The highest BCUT2D eigenvalue weighted by Gasteiger charge is 2.23. The van der Waals surface area contributed by atoms with Gasteiger partial charge in [-0.3, -0.25) is 9.36 Å². The summed E-state index contributed by atoms with van der Waals surface area (Å²) in [7, 11) is 0. The molecule has 3 heterocycles. The van der Waals surface area contributed by atoms with E-state index in [9.17, 15) is 4.79 Å². The first-order chi connectivity index (χ1) is 12.6. The predicted octanol–water partition coefficient (Wildman–Crippen LogP) is 5.17. The fraction of sp³-hybridized carbons (Fsp3) is 0.182. The van der Waals surface area contributed by atoms with Crippen LogP contribution in [0, 0.1) is 13.8 Å². The van der Waals surface area contributed by atoms with Crippen LogP contribution in [0.1, 0.15) is 28.2 Å². The van der Waals surface area contributed by atoms with Crippen LogP contribution in [0.2, 0.25) is 0 Å². The second-order valence-corrected chi connectivity index (χ2v) is 8.08. The summed E-state index contributed by atoms with van der Waals surface area (Å²) in [5, 5.41) is 3.26. The van der Waals surface area contributed by atoms with Gasteiger partial charge in [0.25, 0.3) is 5.56 Å². The van der Waals surface area contributed by atoms with Crippen molar-refractivity contribution in [1.29, 1.82) is 0 Å². The van der Waals surface area contributed by atoms with Crippen molar-refractivity contribution in [3.8, 4) is 0 Å². The Morgan fingerprint density at radius 1 is 1.12 bits per heavy atom. The molecule has 0 spiro atoms. The summed E-state index contributed by atoms with van der Waals surface area (Å²) in [5.41, 5.74) is 3.47. The first kappa shape index (κ1) is 15.5. The minimum absolute atomic E-state index is 0.105. The van der Waals surface area contributed by atoms with Crippen LogP contribution in [0.15, 0.2) is 47.3 Å². The second kappa shape index (κ2) is 5.64. The molecule has 4 heteroatoms. The third kappa shape index (κ3) is 2.26. The minimum atomic E-state index is 0.105. The molecule has 0 amide bonds. The number of fused-ring (bicyclic) bond motifs is 3. The Balaban J connectivity index is 1.68. The highest BCUT2D eigenvalue weighted by Crippen LogP contribution is 2.32. The van der Waals surface area contributed by atoms with E-state index in [4.69, 9.17) is 4.98 Å². The van der Waals surface area contributed by atoms with Crippen molar-refractivity contribution >= 4 is 44.0 Å². The fourth-order valence-electron chi connectivity index (χ4n) is 3.76. The van der Waals surface area contributed by atoms with Crippen LogP contribution in [0.4, 0.5) is 0 Å². The van der Waals surface area contributed by atoms with Gasteiger partial charge in [0.05, 0.1) is 5.39 Å². The first-order valence-corrected chi connectivity index (χ1v) is 9.64. The molecule has 0 radical (unpaired) electrons. The molecule has 5 rings (SSSR count). The van der Waals surface area contributed by atoms with Crippen molar-refractivity contribution in [1.82, 2.24) is 9.55 Å². The van der Waals surface area contributed by atoms with Crippen LogP contribution in [-0.4, -0.2) is 9.55 Å². The van der Waals surface area contributed by atoms with Crippen LogP contribution in [0.5, 0.6) is 0 Å². The van der Waals surface area contributed by atoms with Crippen molar-refractivity contribution in [3.05, 3.63) is 74.6 Å². The molecule has 0 unspecified atom stereocenters. The van der Waals surface area contributed by atoms with E-state index in [1.165, 1.54) is 15.6 Å². The summed E-state index contributed by atoms with van der Waals surface area (Å²) in [6.45, 7) is 4.79. The standard InChI is InChI=1S/C22H18N2OS/c1-13-14(2)26-21-19(13)22(25)24-10-9-18(20(24)23-21)12-15-7-8-16-5-3-4-6-17(16)11-15/h3-8,11-12H,9-10H2,1-2H3/b18-12-. The van der Waals surface area contributed by atoms with Crippen LogP contribution >= 0.6 is 11.3 Å². The molecule has 2 aromatic carbocycles. The van der Waals surface area contributed by atoms with Gasteiger partial charge >= 0.3 is 0 Å². The van der Waals surface area contributed by atoms with Gasteiger partial charge in [0.15, 0.2) is 0 Å². The molecule has 1 aliphatic heterocycles. The minimum Gasteiger partial charge on any atom is -0.292 e. The molecule has 0 saturated carbocycles. The average molecular weight is 358 g/mol. The third-order valence-electron chi connectivity index (χ3n) is 5.30. The van der Waals surface area contributed by atoms with Crippen molar-refractivity contribution in [2.24, 2.45) is 0 Å². The first-order valence-electron chi connectivity index (χ1n) is 8.82. The molecule has 1 aliphatic rings. The zero-order chi connectivity index (χ0) is 17.8. The Labute approximate surface area is 155 Å². The number of thiophene rings is 1. The van der Waals surface area contributed by atoms with Gasteiger partial charge in [-0.1, -0.05) is 36.4 Å². The molecule has 4 aromatic rings. The van der Waals surface area contributed by atoms with Crippen LogP contribution < -0.4 is 5.56 Å². The molecule has 0 saturated heterocycles. The average Bonchev–Trinajstić information content (AvgIpc) is 3.17. The van der Waals surface area contributed by atoms with Gasteiger partial charge in [-0.15, -0.1) is 11.3 Å². The topological polar surface area (TPSA) is 34.9 Å². The number of nitrogens with zero attached hydrogens (tertiary/aromatic N) is 2. The molecule has 0 N–H and O–H groups in total. The second-order valence-electron chi connectivity index (χ2n) is 6.88. The Bertz CT molecular complexity index is 1280. The number of rotatable bonds is 1. The molecular weight excluding hydrogens is 340 g/mol. The van der Waals surface area contributed by atoms with E-state index in [0.29, 0.717) is 6.54 Å². The molecule has 26 heavy (non-hydrogen) atoms. The van der Waals surface area contributed by atoms with E-state index in [1.54, 1.807) is 11.3 Å². The van der Waals surface area contributed by atoms with Crippen molar-refractivity contribution in [2.45, 2.75) is 26.8 Å².